The van der Waals surface area contributed by atoms with Gasteiger partial charge in [0.2, 0.25) is 5.91 Å². The highest BCUT2D eigenvalue weighted by atomic mass is 16.5. The number of nitrogens with one attached hydrogen (secondary N) is 2. The van der Waals surface area contributed by atoms with Crippen LogP contribution in [0.1, 0.15) is 35.6 Å². The van der Waals surface area contributed by atoms with E-state index < -0.39 is 0 Å². The SMILES string of the molecule is CCNC(=O)COc1ccc(CNC(=O)Cc2ccc3c(c2)CCC3)cc1OC. The van der Waals surface area contributed by atoms with Gasteiger partial charge in [-0.15, -0.1) is 0 Å². The number of hydrogen-bond donors (Lipinski definition) is 2. The molecule has 0 heterocycles. The summed E-state index contributed by atoms with van der Waals surface area (Å²) in [7, 11) is 1.55. The lowest BCUT2D eigenvalue weighted by molar-refractivity contribution is -0.123. The highest BCUT2D eigenvalue weighted by Gasteiger charge is 2.13. The maximum Gasteiger partial charge on any atom is 0.257 e. The van der Waals surface area contributed by atoms with Crippen molar-refractivity contribution in [1.82, 2.24) is 10.6 Å². The summed E-state index contributed by atoms with van der Waals surface area (Å²) in [5, 5.41) is 5.63. The highest BCUT2D eigenvalue weighted by molar-refractivity contribution is 5.79. The first-order chi connectivity index (χ1) is 14.1. The monoisotopic (exact) mass is 396 g/mol. The van der Waals surface area contributed by atoms with Gasteiger partial charge in [0, 0.05) is 13.1 Å². The summed E-state index contributed by atoms with van der Waals surface area (Å²) < 4.78 is 10.9. The Kier molecular flexibility index (Phi) is 7.11. The van der Waals surface area contributed by atoms with E-state index in [1.807, 2.05) is 25.1 Å². The number of ether oxygens (including phenoxy) is 2. The first-order valence-corrected chi connectivity index (χ1v) is 10.0. The van der Waals surface area contributed by atoms with Gasteiger partial charge >= 0.3 is 0 Å². The smallest absolute Gasteiger partial charge is 0.257 e. The van der Waals surface area contributed by atoms with Crippen LogP contribution in [0.5, 0.6) is 11.5 Å². The lowest BCUT2D eigenvalue weighted by Crippen LogP contribution is -2.28. The van der Waals surface area contributed by atoms with E-state index in [2.05, 4.69) is 22.8 Å². The summed E-state index contributed by atoms with van der Waals surface area (Å²) in [4.78, 5) is 23.9. The normalized spacial score (nSPS) is 12.2. The zero-order chi connectivity index (χ0) is 20.6. The van der Waals surface area contributed by atoms with Gasteiger partial charge in [-0.25, -0.2) is 0 Å². The molecule has 1 aliphatic carbocycles. The maximum absolute atomic E-state index is 12.3. The first kappa shape index (κ1) is 20.7. The molecule has 1 aliphatic rings. The maximum atomic E-state index is 12.3. The van der Waals surface area contributed by atoms with Crippen LogP contribution in [0.25, 0.3) is 0 Å². The minimum atomic E-state index is -0.183. The van der Waals surface area contributed by atoms with E-state index in [1.54, 1.807) is 13.2 Å². The Labute approximate surface area is 171 Å². The largest absolute Gasteiger partial charge is 0.493 e. The second-order valence-electron chi connectivity index (χ2n) is 7.14. The topological polar surface area (TPSA) is 76.7 Å². The van der Waals surface area contributed by atoms with Crippen LogP contribution >= 0.6 is 0 Å². The van der Waals surface area contributed by atoms with Crippen molar-refractivity contribution in [2.24, 2.45) is 0 Å². The number of methoxy groups -OCH3 is 1. The number of rotatable bonds is 9. The van der Waals surface area contributed by atoms with Crippen LogP contribution in [0.4, 0.5) is 0 Å². The fourth-order valence-corrected chi connectivity index (χ4v) is 3.52. The Hall–Kier alpha value is -3.02. The molecule has 154 valence electrons. The molecule has 0 spiro atoms. The number of amides is 2. The Balaban J connectivity index is 1.53. The van der Waals surface area contributed by atoms with E-state index in [9.17, 15) is 9.59 Å². The molecule has 3 rings (SSSR count). The van der Waals surface area contributed by atoms with Gasteiger partial charge in [0.1, 0.15) is 0 Å². The molecule has 2 aromatic rings. The molecule has 0 bridgehead atoms. The number of carbonyl (C=O) groups is 2. The van der Waals surface area contributed by atoms with Crippen LogP contribution in [0.3, 0.4) is 0 Å². The van der Waals surface area contributed by atoms with Crippen molar-refractivity contribution in [3.05, 3.63) is 58.7 Å². The van der Waals surface area contributed by atoms with Gasteiger partial charge in [0.15, 0.2) is 18.1 Å². The quantitative estimate of drug-likeness (QED) is 0.683. The molecule has 0 atom stereocenters. The average molecular weight is 396 g/mol. The van der Waals surface area contributed by atoms with Crippen molar-refractivity contribution in [3.63, 3.8) is 0 Å². The van der Waals surface area contributed by atoms with Crippen molar-refractivity contribution in [1.29, 1.82) is 0 Å². The number of fused-ring (bicyclic) bond motifs is 1. The van der Waals surface area contributed by atoms with E-state index in [0.29, 0.717) is 31.0 Å². The van der Waals surface area contributed by atoms with Crippen LogP contribution in [0, 0.1) is 0 Å². The van der Waals surface area contributed by atoms with Crippen LogP contribution in [0.2, 0.25) is 0 Å². The molecule has 6 nitrogen and oxygen atoms in total. The van der Waals surface area contributed by atoms with Crippen molar-refractivity contribution < 1.29 is 19.1 Å². The standard InChI is InChI=1S/C23H28N2O4/c1-3-24-23(27)15-29-20-10-8-17(12-21(20)28-2)14-25-22(26)13-16-7-9-18-5-4-6-19(18)11-16/h7-12H,3-6,13-15H2,1-2H3,(H,24,27)(H,25,26). The fourth-order valence-electron chi connectivity index (χ4n) is 3.52. The van der Waals surface area contributed by atoms with Crippen molar-refractivity contribution >= 4 is 11.8 Å². The molecule has 0 radical (unpaired) electrons. The Morgan fingerprint density at radius 2 is 1.72 bits per heavy atom. The summed E-state index contributed by atoms with van der Waals surface area (Å²) in [5.74, 6) is 0.822. The summed E-state index contributed by atoms with van der Waals surface area (Å²) in [6, 6.07) is 11.8. The van der Waals surface area contributed by atoms with Crippen molar-refractivity contribution in [2.75, 3.05) is 20.3 Å². The van der Waals surface area contributed by atoms with Gasteiger partial charge in [-0.2, -0.15) is 0 Å². The molecular formula is C23H28N2O4. The molecule has 0 aliphatic heterocycles. The molecule has 2 amide bonds. The predicted molar refractivity (Wildman–Crippen MR) is 111 cm³/mol. The summed E-state index contributed by atoms with van der Waals surface area (Å²) in [6.07, 6.45) is 3.83. The van der Waals surface area contributed by atoms with Gasteiger partial charge in [0.25, 0.3) is 5.91 Å². The minimum Gasteiger partial charge on any atom is -0.493 e. The van der Waals surface area contributed by atoms with Gasteiger partial charge in [-0.3, -0.25) is 9.59 Å². The van der Waals surface area contributed by atoms with Gasteiger partial charge in [-0.1, -0.05) is 24.3 Å². The van der Waals surface area contributed by atoms with Crippen LogP contribution in [-0.4, -0.2) is 32.1 Å². The van der Waals surface area contributed by atoms with E-state index in [4.69, 9.17) is 9.47 Å². The molecule has 0 fully saturated rings. The van der Waals surface area contributed by atoms with Crippen LogP contribution in [0.15, 0.2) is 36.4 Å². The average Bonchev–Trinajstić information content (AvgIpc) is 3.19. The lowest BCUT2D eigenvalue weighted by atomic mass is 10.0. The number of benzene rings is 2. The van der Waals surface area contributed by atoms with Gasteiger partial charge < -0.3 is 20.1 Å². The molecule has 0 aromatic heterocycles. The molecule has 0 saturated heterocycles. The Bertz CT molecular complexity index is 879. The minimum absolute atomic E-state index is 0.0153. The summed E-state index contributed by atoms with van der Waals surface area (Å²) >= 11 is 0. The number of carbonyl (C=O) groups excluding carboxylic acids is 2. The summed E-state index contributed by atoms with van der Waals surface area (Å²) in [5.41, 5.74) is 4.74. The lowest BCUT2D eigenvalue weighted by Gasteiger charge is -2.13. The van der Waals surface area contributed by atoms with E-state index in [0.717, 1.165) is 24.0 Å². The fraction of sp³-hybridized carbons (Fsp3) is 0.391. The molecule has 2 N–H and O–H groups in total. The van der Waals surface area contributed by atoms with Crippen LogP contribution in [-0.2, 0) is 35.4 Å². The predicted octanol–water partition coefficient (Wildman–Crippen LogP) is 2.56. The second kappa shape index (κ2) is 9.96. The third-order valence-electron chi connectivity index (χ3n) is 4.98. The zero-order valence-electron chi connectivity index (χ0n) is 17.0. The molecule has 0 saturated carbocycles. The summed E-state index contributed by atoms with van der Waals surface area (Å²) in [6.45, 7) is 2.74. The third-order valence-corrected chi connectivity index (χ3v) is 4.98. The Morgan fingerprint density at radius 3 is 2.52 bits per heavy atom. The van der Waals surface area contributed by atoms with E-state index in [-0.39, 0.29) is 18.4 Å². The first-order valence-electron chi connectivity index (χ1n) is 10.0. The van der Waals surface area contributed by atoms with Gasteiger partial charge in [-0.05, 0) is 60.6 Å². The zero-order valence-corrected chi connectivity index (χ0v) is 17.0. The Morgan fingerprint density at radius 1 is 0.931 bits per heavy atom. The molecule has 6 heteroatoms. The molecule has 0 unspecified atom stereocenters. The van der Waals surface area contributed by atoms with Crippen LogP contribution < -0.4 is 20.1 Å². The molecule has 2 aromatic carbocycles. The third kappa shape index (κ3) is 5.73. The molecule has 29 heavy (non-hydrogen) atoms. The van der Waals surface area contributed by atoms with Gasteiger partial charge in [0.05, 0.1) is 13.5 Å². The number of likely N-dealkylation sites (N-methyl/N-ethyl adjacent to an activating group) is 1. The number of aryl methyl sites for hydroxylation is 2. The molecular weight excluding hydrogens is 368 g/mol. The van der Waals surface area contributed by atoms with E-state index in [1.165, 1.54) is 17.5 Å². The van der Waals surface area contributed by atoms with E-state index >= 15 is 0 Å². The second-order valence-corrected chi connectivity index (χ2v) is 7.14. The highest BCUT2D eigenvalue weighted by Crippen LogP contribution is 2.28. The van der Waals surface area contributed by atoms with Crippen molar-refractivity contribution in [3.8, 4) is 11.5 Å². The number of hydrogen-bond acceptors (Lipinski definition) is 4. The van der Waals surface area contributed by atoms with Crippen molar-refractivity contribution in [2.45, 2.75) is 39.2 Å².